The highest BCUT2D eigenvalue weighted by molar-refractivity contribution is 9.10. The third kappa shape index (κ3) is 4.48. The second-order valence-corrected chi connectivity index (χ2v) is 5.90. The SMILES string of the molecule is CN(CCNC(=O)c1ccc(Br)c(Cl)c1)c1ccccc1. The predicted octanol–water partition coefficient (Wildman–Crippen LogP) is 3.97. The minimum absolute atomic E-state index is 0.120. The molecule has 0 fully saturated rings. The Kier molecular flexibility index (Phi) is 5.65. The molecule has 0 radical (unpaired) electrons. The molecular weight excluding hydrogens is 352 g/mol. The fourth-order valence-corrected chi connectivity index (χ4v) is 2.32. The molecule has 0 aliphatic rings. The van der Waals surface area contributed by atoms with E-state index in [0.29, 0.717) is 17.1 Å². The van der Waals surface area contributed by atoms with Gasteiger partial charge in [-0.15, -0.1) is 0 Å². The van der Waals surface area contributed by atoms with E-state index >= 15 is 0 Å². The lowest BCUT2D eigenvalue weighted by molar-refractivity contribution is 0.0954. The smallest absolute Gasteiger partial charge is 0.251 e. The van der Waals surface area contributed by atoms with Crippen LogP contribution in [-0.4, -0.2) is 26.0 Å². The van der Waals surface area contributed by atoms with E-state index < -0.39 is 0 Å². The summed E-state index contributed by atoms with van der Waals surface area (Å²) in [6.07, 6.45) is 0. The summed E-state index contributed by atoms with van der Waals surface area (Å²) in [5.41, 5.74) is 1.68. The van der Waals surface area contributed by atoms with Gasteiger partial charge < -0.3 is 10.2 Å². The number of hydrogen-bond donors (Lipinski definition) is 1. The van der Waals surface area contributed by atoms with E-state index in [1.54, 1.807) is 18.2 Å². The van der Waals surface area contributed by atoms with E-state index in [0.717, 1.165) is 16.7 Å². The standard InChI is InChI=1S/C16H16BrClN2O/c1-20(13-5-3-2-4-6-13)10-9-19-16(21)12-7-8-14(17)15(18)11-12/h2-8,11H,9-10H2,1H3,(H,19,21). The normalized spacial score (nSPS) is 10.2. The predicted molar refractivity (Wildman–Crippen MR) is 91.2 cm³/mol. The maximum atomic E-state index is 12.0. The molecule has 1 amide bonds. The molecule has 110 valence electrons. The first-order valence-electron chi connectivity index (χ1n) is 6.57. The van der Waals surface area contributed by atoms with Gasteiger partial charge in [0.1, 0.15) is 0 Å². The van der Waals surface area contributed by atoms with Crippen LogP contribution in [0.5, 0.6) is 0 Å². The van der Waals surface area contributed by atoms with Gasteiger partial charge in [0.05, 0.1) is 5.02 Å². The van der Waals surface area contributed by atoms with Crippen LogP contribution in [0.4, 0.5) is 5.69 Å². The summed E-state index contributed by atoms with van der Waals surface area (Å²) in [5, 5.41) is 3.42. The average Bonchev–Trinajstić information content (AvgIpc) is 2.50. The molecule has 0 spiro atoms. The van der Waals surface area contributed by atoms with Crippen LogP contribution < -0.4 is 10.2 Å². The molecule has 5 heteroatoms. The van der Waals surface area contributed by atoms with Gasteiger partial charge in [-0.1, -0.05) is 29.8 Å². The van der Waals surface area contributed by atoms with E-state index in [-0.39, 0.29) is 5.91 Å². The third-order valence-corrected chi connectivity index (χ3v) is 4.34. The van der Waals surface area contributed by atoms with Gasteiger partial charge in [-0.3, -0.25) is 4.79 Å². The third-order valence-electron chi connectivity index (χ3n) is 3.11. The summed E-state index contributed by atoms with van der Waals surface area (Å²) in [6.45, 7) is 1.30. The molecule has 21 heavy (non-hydrogen) atoms. The Morgan fingerprint density at radius 2 is 1.95 bits per heavy atom. The van der Waals surface area contributed by atoms with Gasteiger partial charge in [0.25, 0.3) is 5.91 Å². The highest BCUT2D eigenvalue weighted by Crippen LogP contribution is 2.23. The van der Waals surface area contributed by atoms with Crippen molar-refractivity contribution in [2.45, 2.75) is 0 Å². The number of rotatable bonds is 5. The summed E-state index contributed by atoms with van der Waals surface area (Å²) >= 11 is 9.29. The van der Waals surface area contributed by atoms with E-state index in [1.807, 2.05) is 37.4 Å². The first kappa shape index (κ1) is 15.9. The summed E-state index contributed by atoms with van der Waals surface area (Å²) in [7, 11) is 2.00. The molecular formula is C16H16BrClN2O. The van der Waals surface area contributed by atoms with Gasteiger partial charge in [-0.05, 0) is 46.3 Å². The molecule has 2 aromatic carbocycles. The number of para-hydroxylation sites is 1. The van der Waals surface area contributed by atoms with Crippen molar-refractivity contribution in [1.29, 1.82) is 0 Å². The Hall–Kier alpha value is -1.52. The van der Waals surface area contributed by atoms with Crippen LogP contribution in [0.2, 0.25) is 5.02 Å². The van der Waals surface area contributed by atoms with Gasteiger partial charge in [0.15, 0.2) is 0 Å². The quantitative estimate of drug-likeness (QED) is 0.867. The lowest BCUT2D eigenvalue weighted by Gasteiger charge is -2.19. The minimum Gasteiger partial charge on any atom is -0.373 e. The Morgan fingerprint density at radius 1 is 1.24 bits per heavy atom. The van der Waals surface area contributed by atoms with Crippen molar-refractivity contribution in [3.8, 4) is 0 Å². The highest BCUT2D eigenvalue weighted by atomic mass is 79.9. The zero-order valence-corrected chi connectivity index (χ0v) is 14.0. The summed E-state index contributed by atoms with van der Waals surface area (Å²) in [6, 6.07) is 15.2. The van der Waals surface area contributed by atoms with Crippen LogP contribution in [0.3, 0.4) is 0 Å². The number of benzene rings is 2. The number of nitrogens with zero attached hydrogens (tertiary/aromatic N) is 1. The lowest BCUT2D eigenvalue weighted by atomic mass is 10.2. The molecule has 0 saturated heterocycles. The number of anilines is 1. The van der Waals surface area contributed by atoms with E-state index in [1.165, 1.54) is 0 Å². The van der Waals surface area contributed by atoms with Crippen molar-refractivity contribution in [3.63, 3.8) is 0 Å². The van der Waals surface area contributed by atoms with Crippen LogP contribution in [0.15, 0.2) is 53.0 Å². The van der Waals surface area contributed by atoms with Crippen molar-refractivity contribution in [2.75, 3.05) is 25.0 Å². The first-order chi connectivity index (χ1) is 10.1. The van der Waals surface area contributed by atoms with Crippen molar-refractivity contribution in [1.82, 2.24) is 5.32 Å². The highest BCUT2D eigenvalue weighted by Gasteiger charge is 2.08. The van der Waals surface area contributed by atoms with E-state index in [9.17, 15) is 4.79 Å². The summed E-state index contributed by atoms with van der Waals surface area (Å²) in [4.78, 5) is 14.1. The van der Waals surface area contributed by atoms with Gasteiger partial charge in [-0.25, -0.2) is 0 Å². The number of likely N-dealkylation sites (N-methyl/N-ethyl adjacent to an activating group) is 1. The van der Waals surface area contributed by atoms with Gasteiger partial charge in [0.2, 0.25) is 0 Å². The van der Waals surface area contributed by atoms with Gasteiger partial charge in [0, 0.05) is 35.9 Å². The largest absolute Gasteiger partial charge is 0.373 e. The Bertz CT molecular complexity index is 619. The fraction of sp³-hybridized carbons (Fsp3) is 0.188. The maximum absolute atomic E-state index is 12.0. The van der Waals surface area contributed by atoms with Crippen LogP contribution in [0, 0.1) is 0 Å². The van der Waals surface area contributed by atoms with E-state index in [4.69, 9.17) is 11.6 Å². The topological polar surface area (TPSA) is 32.3 Å². The number of carbonyl (C=O) groups excluding carboxylic acids is 1. The molecule has 3 nitrogen and oxygen atoms in total. The molecule has 0 unspecified atom stereocenters. The zero-order valence-electron chi connectivity index (χ0n) is 11.6. The second kappa shape index (κ2) is 7.48. The number of carbonyl (C=O) groups is 1. The molecule has 0 aliphatic carbocycles. The van der Waals surface area contributed by atoms with Crippen molar-refractivity contribution in [2.24, 2.45) is 0 Å². The van der Waals surface area contributed by atoms with Crippen molar-refractivity contribution >= 4 is 39.1 Å². The second-order valence-electron chi connectivity index (χ2n) is 4.64. The number of amides is 1. The Balaban J connectivity index is 1.85. The Labute approximate surface area is 138 Å². The van der Waals surface area contributed by atoms with Crippen LogP contribution in [0.1, 0.15) is 10.4 Å². The monoisotopic (exact) mass is 366 g/mol. The molecule has 0 saturated carbocycles. The lowest BCUT2D eigenvalue weighted by Crippen LogP contribution is -2.32. The summed E-state index contributed by atoms with van der Waals surface area (Å²) in [5.74, 6) is -0.120. The molecule has 0 heterocycles. The van der Waals surface area contributed by atoms with Gasteiger partial charge >= 0.3 is 0 Å². The van der Waals surface area contributed by atoms with Gasteiger partial charge in [-0.2, -0.15) is 0 Å². The first-order valence-corrected chi connectivity index (χ1v) is 7.74. The van der Waals surface area contributed by atoms with Crippen molar-refractivity contribution < 1.29 is 4.79 Å². The van der Waals surface area contributed by atoms with Crippen molar-refractivity contribution in [3.05, 3.63) is 63.6 Å². The van der Waals surface area contributed by atoms with E-state index in [2.05, 4.69) is 26.1 Å². The molecule has 2 rings (SSSR count). The fourth-order valence-electron chi connectivity index (χ4n) is 1.89. The minimum atomic E-state index is -0.120. The zero-order chi connectivity index (χ0) is 15.2. The average molecular weight is 368 g/mol. The Morgan fingerprint density at radius 3 is 2.62 bits per heavy atom. The number of nitrogens with one attached hydrogen (secondary N) is 1. The number of halogens is 2. The number of hydrogen-bond acceptors (Lipinski definition) is 2. The molecule has 0 aliphatic heterocycles. The molecule has 1 N–H and O–H groups in total. The van der Waals surface area contributed by atoms with Crippen LogP contribution >= 0.6 is 27.5 Å². The maximum Gasteiger partial charge on any atom is 0.251 e. The van der Waals surface area contributed by atoms with Crippen LogP contribution in [0.25, 0.3) is 0 Å². The molecule has 0 bridgehead atoms. The molecule has 0 atom stereocenters. The molecule has 0 aromatic heterocycles. The van der Waals surface area contributed by atoms with Crippen LogP contribution in [-0.2, 0) is 0 Å². The summed E-state index contributed by atoms with van der Waals surface area (Å²) < 4.78 is 0.782. The molecule has 2 aromatic rings.